The summed E-state index contributed by atoms with van der Waals surface area (Å²) in [7, 11) is 0. The summed E-state index contributed by atoms with van der Waals surface area (Å²) < 4.78 is 0. The molecule has 9 aromatic carbocycles. The van der Waals surface area contributed by atoms with Crippen molar-refractivity contribution in [2.75, 3.05) is 16.0 Å². The maximum Gasteiger partial charge on any atom is 0.164 e. The summed E-state index contributed by atoms with van der Waals surface area (Å²) in [6.07, 6.45) is 16.1. The minimum absolute atomic E-state index is 0.594. The third kappa shape index (κ3) is 7.14. The second-order valence-corrected chi connectivity index (χ2v) is 20.8. The lowest BCUT2D eigenvalue weighted by Gasteiger charge is -2.30. The van der Waals surface area contributed by atoms with Gasteiger partial charge in [0.2, 0.25) is 0 Å². The smallest absolute Gasteiger partial charge is 0.164 e. The predicted octanol–water partition coefficient (Wildman–Crippen LogP) is 17.3. The van der Waals surface area contributed by atoms with Crippen molar-refractivity contribution >= 4 is 69.1 Å². The molecule has 0 spiro atoms. The van der Waals surface area contributed by atoms with Crippen LogP contribution in [0.15, 0.2) is 235 Å². The number of hydrogen-bond donors (Lipinski definition) is 3. The van der Waals surface area contributed by atoms with E-state index in [2.05, 4.69) is 253 Å². The molecular formula is C72H48N6. The lowest BCUT2D eigenvalue weighted by Crippen LogP contribution is -2.14. The summed E-state index contributed by atoms with van der Waals surface area (Å²) in [5.41, 5.74) is 30.5. The summed E-state index contributed by atoms with van der Waals surface area (Å²) in [6.45, 7) is 0. The standard InChI is InChI=1S/C72H48N6/c1-4-19-46-40-49(37-34-43(46)16-1)64-52-22-7-10-28-58(52)73-61-31-13-25-55(67(61)64)70-76-71(56-26-14-32-62-68(56)65(53-23-8-11-29-59(53)74-62)50-38-35-44-17-2-5-20-47(44)41-50)78-72(77-70)57-27-15-33-63-69(57)66(54-24-9-12-30-60(54)75-63)51-39-36-45-18-3-6-21-48(45)42-51/h1-39,73-75H,40-42H2. The van der Waals surface area contributed by atoms with Crippen molar-refractivity contribution in [3.05, 3.63) is 302 Å². The van der Waals surface area contributed by atoms with E-state index in [-0.39, 0.29) is 0 Å². The highest BCUT2D eigenvalue weighted by Gasteiger charge is 2.33. The molecule has 16 rings (SSSR count). The Balaban J connectivity index is 0.973. The molecule has 6 heteroatoms. The Morgan fingerprint density at radius 2 is 0.513 bits per heavy atom. The lowest BCUT2D eigenvalue weighted by atomic mass is 9.80. The number of benzene rings is 9. The number of fused-ring (bicyclic) bond motifs is 9. The fourth-order valence-corrected chi connectivity index (χ4v) is 12.8. The zero-order valence-electron chi connectivity index (χ0n) is 42.5. The first-order valence-corrected chi connectivity index (χ1v) is 26.9. The van der Waals surface area contributed by atoms with Crippen molar-refractivity contribution in [1.82, 2.24) is 15.0 Å². The van der Waals surface area contributed by atoms with Gasteiger partial charge >= 0.3 is 0 Å². The van der Waals surface area contributed by atoms with E-state index in [1.165, 1.54) is 66.8 Å². The number of rotatable bonds is 3. The van der Waals surface area contributed by atoms with Crippen molar-refractivity contribution in [3.63, 3.8) is 0 Å². The predicted molar refractivity (Wildman–Crippen MR) is 321 cm³/mol. The Morgan fingerprint density at radius 3 is 0.846 bits per heavy atom. The van der Waals surface area contributed by atoms with Crippen LogP contribution in [-0.2, 0) is 19.3 Å². The lowest BCUT2D eigenvalue weighted by molar-refractivity contribution is 1.07. The minimum Gasteiger partial charge on any atom is -0.354 e. The van der Waals surface area contributed by atoms with Crippen LogP contribution in [0, 0.1) is 0 Å². The molecule has 3 aliphatic carbocycles. The molecule has 0 radical (unpaired) electrons. The van der Waals surface area contributed by atoms with Gasteiger partial charge in [0.1, 0.15) is 0 Å². The maximum absolute atomic E-state index is 5.74. The third-order valence-electron chi connectivity index (χ3n) is 16.4. The van der Waals surface area contributed by atoms with E-state index in [0.29, 0.717) is 17.5 Å². The summed E-state index contributed by atoms with van der Waals surface area (Å²) in [5, 5.41) is 11.6. The van der Waals surface area contributed by atoms with Gasteiger partial charge in [-0.1, -0.05) is 200 Å². The van der Waals surface area contributed by atoms with E-state index < -0.39 is 0 Å². The number of allylic oxidation sites excluding steroid dienone is 6. The van der Waals surface area contributed by atoms with Crippen molar-refractivity contribution in [2.45, 2.75) is 19.3 Å². The molecule has 78 heavy (non-hydrogen) atoms. The Hall–Kier alpha value is -10.2. The average molecular weight is 997 g/mol. The van der Waals surface area contributed by atoms with Crippen LogP contribution in [0.2, 0.25) is 0 Å². The van der Waals surface area contributed by atoms with Crippen molar-refractivity contribution in [1.29, 1.82) is 0 Å². The molecule has 4 heterocycles. The monoisotopic (exact) mass is 996 g/mol. The molecule has 0 atom stereocenters. The Bertz CT molecular complexity index is 3990. The highest BCUT2D eigenvalue weighted by atomic mass is 15.0. The molecule has 0 fully saturated rings. The van der Waals surface area contributed by atoms with E-state index >= 15 is 0 Å². The fraction of sp³-hybridized carbons (Fsp3) is 0.0417. The first-order chi connectivity index (χ1) is 38.6. The van der Waals surface area contributed by atoms with Crippen LogP contribution in [0.3, 0.4) is 0 Å². The molecule has 0 saturated heterocycles. The Kier molecular flexibility index (Phi) is 10.0. The first-order valence-electron chi connectivity index (χ1n) is 26.9. The number of nitrogens with zero attached hydrogens (tertiary/aromatic N) is 3. The summed E-state index contributed by atoms with van der Waals surface area (Å²) in [6, 6.07) is 71.8. The average Bonchev–Trinajstić information content (AvgIpc) is 3.53. The topological polar surface area (TPSA) is 74.8 Å². The Labute approximate surface area is 453 Å². The van der Waals surface area contributed by atoms with Gasteiger partial charge in [0.15, 0.2) is 17.5 Å². The van der Waals surface area contributed by atoms with E-state index in [1.807, 2.05) is 0 Å². The van der Waals surface area contributed by atoms with E-state index in [0.717, 1.165) is 103 Å². The summed E-state index contributed by atoms with van der Waals surface area (Å²) >= 11 is 0. The van der Waals surface area contributed by atoms with Gasteiger partial charge in [-0.3, -0.25) is 0 Å². The fourth-order valence-electron chi connectivity index (χ4n) is 12.8. The number of anilines is 6. The second kappa shape index (κ2) is 17.7. The van der Waals surface area contributed by atoms with Crippen molar-refractivity contribution in [3.8, 4) is 34.2 Å². The molecule has 366 valence electrons. The second-order valence-electron chi connectivity index (χ2n) is 20.8. The zero-order valence-corrected chi connectivity index (χ0v) is 42.5. The van der Waals surface area contributed by atoms with Crippen molar-refractivity contribution in [2.24, 2.45) is 0 Å². The molecular weight excluding hydrogens is 949 g/mol. The SMILES string of the molecule is C1=Cc2ccccc2CC1=C1c2ccccc2Nc2cccc(-c3nc(-c4cccc5c4C(=C4C=Cc6ccccc6C4)c4ccccc4N5)nc(-c4cccc5c4C(=C4C=Cc6ccccc6C4)c4ccccc4N5)n3)c21. The highest BCUT2D eigenvalue weighted by Crippen LogP contribution is 2.52. The zero-order chi connectivity index (χ0) is 51.3. The number of aromatic nitrogens is 3. The minimum atomic E-state index is 0.594. The van der Waals surface area contributed by atoms with Gasteiger partial charge in [0.25, 0.3) is 0 Å². The molecule has 0 bridgehead atoms. The van der Waals surface area contributed by atoms with Crippen LogP contribution in [0.4, 0.5) is 34.1 Å². The summed E-state index contributed by atoms with van der Waals surface area (Å²) in [5.74, 6) is 1.78. The van der Waals surface area contributed by atoms with Gasteiger partial charge in [-0.05, 0) is 122 Å². The van der Waals surface area contributed by atoms with E-state index in [1.54, 1.807) is 0 Å². The van der Waals surface area contributed by atoms with Crippen LogP contribution in [0.5, 0.6) is 0 Å². The number of hydrogen-bond acceptors (Lipinski definition) is 6. The van der Waals surface area contributed by atoms with Gasteiger partial charge in [-0.15, -0.1) is 0 Å². The quantitative estimate of drug-likeness (QED) is 0.164. The maximum atomic E-state index is 5.74. The third-order valence-corrected chi connectivity index (χ3v) is 16.4. The molecule has 3 N–H and O–H groups in total. The molecule has 10 aromatic rings. The van der Waals surface area contributed by atoms with Crippen LogP contribution < -0.4 is 16.0 Å². The van der Waals surface area contributed by atoms with Crippen LogP contribution in [-0.4, -0.2) is 15.0 Å². The molecule has 0 amide bonds. The van der Waals surface area contributed by atoms with E-state index in [4.69, 9.17) is 15.0 Å². The van der Waals surface area contributed by atoms with Crippen LogP contribution in [0.25, 0.3) is 69.1 Å². The van der Waals surface area contributed by atoms with Crippen molar-refractivity contribution < 1.29 is 0 Å². The number of para-hydroxylation sites is 3. The largest absolute Gasteiger partial charge is 0.354 e. The molecule has 0 unspecified atom stereocenters. The Morgan fingerprint density at radius 1 is 0.244 bits per heavy atom. The van der Waals surface area contributed by atoms with Gasteiger partial charge in [0, 0.05) is 84.2 Å². The molecule has 1 aromatic heterocycles. The molecule has 6 nitrogen and oxygen atoms in total. The molecule has 6 aliphatic rings. The van der Waals surface area contributed by atoms with Gasteiger partial charge in [-0.25, -0.2) is 15.0 Å². The van der Waals surface area contributed by atoms with Crippen LogP contribution in [0.1, 0.15) is 66.8 Å². The molecule has 0 saturated carbocycles. The highest BCUT2D eigenvalue weighted by molar-refractivity contribution is 6.07. The van der Waals surface area contributed by atoms with Gasteiger partial charge in [0.05, 0.1) is 0 Å². The normalized spacial score (nSPS) is 17.5. The van der Waals surface area contributed by atoms with Gasteiger partial charge in [-0.2, -0.15) is 0 Å². The van der Waals surface area contributed by atoms with Gasteiger partial charge < -0.3 is 16.0 Å². The number of nitrogens with one attached hydrogen (secondary N) is 3. The first kappa shape index (κ1) is 44.2. The van der Waals surface area contributed by atoms with Crippen LogP contribution >= 0.6 is 0 Å². The summed E-state index contributed by atoms with van der Waals surface area (Å²) in [4.78, 5) is 17.2. The van der Waals surface area contributed by atoms with E-state index in [9.17, 15) is 0 Å². The molecule has 3 aliphatic heterocycles.